The molecule has 1 fully saturated rings. The smallest absolute Gasteiger partial charge is 0.0722 e. The molecule has 1 aromatic carbocycles. The summed E-state index contributed by atoms with van der Waals surface area (Å²) in [6.45, 7) is 13.2. The molecule has 178 valence electrons. The third-order valence-electron chi connectivity index (χ3n) is 8.43. The molecule has 5 rings (SSSR count). The Morgan fingerprint density at radius 3 is 2.26 bits per heavy atom. The Morgan fingerprint density at radius 1 is 0.941 bits per heavy atom. The highest BCUT2D eigenvalue weighted by Crippen LogP contribution is 2.52. The van der Waals surface area contributed by atoms with Gasteiger partial charge in [0, 0.05) is 35.7 Å². The number of aliphatic hydroxyl groups is 2. The average molecular weight is 456 g/mol. The van der Waals surface area contributed by atoms with Crippen molar-refractivity contribution in [3.63, 3.8) is 0 Å². The zero-order valence-electron chi connectivity index (χ0n) is 21.4. The van der Waals surface area contributed by atoms with Gasteiger partial charge in [-0.3, -0.25) is 0 Å². The second kappa shape index (κ2) is 7.96. The Bertz CT molecular complexity index is 1240. The SMILES string of the molecule is Cc1cc(C2C(O)C(C=C3N(C)c4ccccc4C3(C)C)C2O)c2c(C)ccc(C(C)C)cc1-2. The highest BCUT2D eigenvalue weighted by molar-refractivity contribution is 5.79. The van der Waals surface area contributed by atoms with Crippen LogP contribution in [0.3, 0.4) is 0 Å². The van der Waals surface area contributed by atoms with Gasteiger partial charge in [0.15, 0.2) is 0 Å². The molecule has 34 heavy (non-hydrogen) atoms. The van der Waals surface area contributed by atoms with E-state index in [2.05, 4.69) is 108 Å². The van der Waals surface area contributed by atoms with E-state index in [1.807, 2.05) is 0 Å². The molecule has 2 unspecified atom stereocenters. The molecule has 0 spiro atoms. The molecule has 2 N–H and O–H groups in total. The highest BCUT2D eigenvalue weighted by Gasteiger charge is 2.51. The van der Waals surface area contributed by atoms with Gasteiger partial charge in [0.25, 0.3) is 0 Å². The number of aliphatic hydroxyl groups excluding tert-OH is 2. The van der Waals surface area contributed by atoms with Gasteiger partial charge >= 0.3 is 0 Å². The second-order valence-corrected chi connectivity index (χ2v) is 11.2. The number of rotatable bonds is 3. The van der Waals surface area contributed by atoms with Crippen LogP contribution in [-0.4, -0.2) is 29.5 Å². The topological polar surface area (TPSA) is 43.7 Å². The van der Waals surface area contributed by atoms with Gasteiger partial charge in [0.1, 0.15) is 0 Å². The summed E-state index contributed by atoms with van der Waals surface area (Å²) >= 11 is 0. The first kappa shape index (κ1) is 23.1. The number of fused-ring (bicyclic) bond motifs is 2. The molecule has 2 atom stereocenters. The molecular weight excluding hydrogens is 418 g/mol. The Morgan fingerprint density at radius 2 is 1.62 bits per heavy atom. The van der Waals surface area contributed by atoms with Crippen LogP contribution in [0.1, 0.15) is 67.3 Å². The van der Waals surface area contributed by atoms with Crippen molar-refractivity contribution in [2.45, 2.75) is 71.0 Å². The minimum Gasteiger partial charge on any atom is -0.392 e. The lowest BCUT2D eigenvalue weighted by atomic mass is 9.64. The molecule has 0 bridgehead atoms. The van der Waals surface area contributed by atoms with Crippen molar-refractivity contribution in [3.05, 3.63) is 88.1 Å². The van der Waals surface area contributed by atoms with Crippen LogP contribution in [0, 0.1) is 19.8 Å². The summed E-state index contributed by atoms with van der Waals surface area (Å²) in [5.41, 5.74) is 10.6. The van der Waals surface area contributed by atoms with E-state index in [0.717, 1.165) is 11.3 Å². The minimum atomic E-state index is -0.616. The van der Waals surface area contributed by atoms with Crippen LogP contribution >= 0.6 is 0 Å². The quantitative estimate of drug-likeness (QED) is 0.489. The van der Waals surface area contributed by atoms with Gasteiger partial charge in [-0.05, 0) is 64.8 Å². The summed E-state index contributed by atoms with van der Waals surface area (Å²) in [6.07, 6.45) is 0.887. The fourth-order valence-corrected chi connectivity index (χ4v) is 6.29. The predicted molar refractivity (Wildman–Crippen MR) is 141 cm³/mol. The molecule has 1 aliphatic heterocycles. The predicted octanol–water partition coefficient (Wildman–Crippen LogP) is 6.28. The van der Waals surface area contributed by atoms with Crippen molar-refractivity contribution in [2.75, 3.05) is 11.9 Å². The monoisotopic (exact) mass is 455 g/mol. The zero-order chi connectivity index (χ0) is 24.5. The summed E-state index contributed by atoms with van der Waals surface area (Å²) in [4.78, 5) is 2.21. The van der Waals surface area contributed by atoms with Crippen LogP contribution < -0.4 is 4.90 Å². The highest BCUT2D eigenvalue weighted by atomic mass is 16.3. The van der Waals surface area contributed by atoms with Crippen LogP contribution in [0.25, 0.3) is 11.1 Å². The van der Waals surface area contributed by atoms with Gasteiger partial charge < -0.3 is 15.1 Å². The fourth-order valence-electron chi connectivity index (χ4n) is 6.29. The molecule has 4 aliphatic rings. The van der Waals surface area contributed by atoms with Crippen LogP contribution in [0.2, 0.25) is 0 Å². The third-order valence-corrected chi connectivity index (χ3v) is 8.43. The first-order chi connectivity index (χ1) is 16.0. The van der Waals surface area contributed by atoms with Crippen LogP contribution in [-0.2, 0) is 5.41 Å². The number of para-hydroxylation sites is 1. The van der Waals surface area contributed by atoms with Gasteiger partial charge in [-0.25, -0.2) is 0 Å². The molecule has 1 aromatic rings. The number of likely N-dealkylation sites (N-methyl/N-ethyl adjacent to an activating group) is 1. The average Bonchev–Trinajstić information content (AvgIpc) is 3.10. The number of hydrogen-bond donors (Lipinski definition) is 2. The number of benzene rings is 1. The van der Waals surface area contributed by atoms with E-state index < -0.39 is 12.2 Å². The molecule has 3 heteroatoms. The fraction of sp³-hybridized carbons (Fsp3) is 0.419. The van der Waals surface area contributed by atoms with E-state index in [1.54, 1.807) is 0 Å². The van der Waals surface area contributed by atoms with E-state index in [4.69, 9.17) is 0 Å². The molecule has 0 radical (unpaired) electrons. The molecule has 0 saturated heterocycles. The van der Waals surface area contributed by atoms with Crippen molar-refractivity contribution in [1.29, 1.82) is 0 Å². The lowest BCUT2D eigenvalue weighted by molar-refractivity contribution is -0.0944. The normalized spacial score (nSPS) is 26.9. The lowest BCUT2D eigenvalue weighted by Gasteiger charge is -2.46. The van der Waals surface area contributed by atoms with Crippen LogP contribution in [0.4, 0.5) is 5.69 Å². The maximum atomic E-state index is 11.4. The Balaban J connectivity index is 1.50. The number of aryl methyl sites for hydroxylation is 2. The van der Waals surface area contributed by atoms with Crippen molar-refractivity contribution in [1.82, 2.24) is 0 Å². The van der Waals surface area contributed by atoms with Crippen LogP contribution in [0.5, 0.6) is 0 Å². The van der Waals surface area contributed by atoms with Gasteiger partial charge in [-0.2, -0.15) is 0 Å². The van der Waals surface area contributed by atoms with Crippen molar-refractivity contribution in [3.8, 4) is 11.1 Å². The van der Waals surface area contributed by atoms with E-state index >= 15 is 0 Å². The van der Waals surface area contributed by atoms with Crippen molar-refractivity contribution >= 4 is 5.69 Å². The van der Waals surface area contributed by atoms with Gasteiger partial charge in [-0.15, -0.1) is 0 Å². The number of anilines is 1. The minimum absolute atomic E-state index is 0.170. The third kappa shape index (κ3) is 3.25. The van der Waals surface area contributed by atoms with Gasteiger partial charge in [0.2, 0.25) is 0 Å². The Labute approximate surface area is 204 Å². The maximum absolute atomic E-state index is 11.4. The molecule has 1 heterocycles. The summed E-state index contributed by atoms with van der Waals surface area (Å²) < 4.78 is 0. The number of hydrogen-bond acceptors (Lipinski definition) is 3. The number of nitrogens with zero attached hydrogens (tertiary/aromatic N) is 1. The first-order valence-corrected chi connectivity index (χ1v) is 12.5. The molecule has 3 aliphatic carbocycles. The Hall–Kier alpha value is -2.62. The molecular formula is C31H37NO2. The maximum Gasteiger partial charge on any atom is 0.0722 e. The largest absolute Gasteiger partial charge is 0.392 e. The van der Waals surface area contributed by atoms with Crippen molar-refractivity contribution in [2.24, 2.45) is 5.92 Å². The molecule has 0 amide bonds. The molecule has 3 nitrogen and oxygen atoms in total. The summed E-state index contributed by atoms with van der Waals surface area (Å²) in [5, 5.41) is 22.7. The van der Waals surface area contributed by atoms with E-state index in [-0.39, 0.29) is 17.3 Å². The standard InChI is InChI=1S/C31H37NO2/c1-17(2)20-13-12-18(3)27-21(15-20)19(4)14-22(27)28-29(33)23(30(28)34)16-26-31(5,6)24-10-8-9-11-25(24)32(26)7/h8-17,23,28-30,33-34H,1-7H3. The zero-order valence-corrected chi connectivity index (χ0v) is 21.4. The van der Waals surface area contributed by atoms with E-state index in [1.165, 1.54) is 39.1 Å². The number of allylic oxidation sites excluding steroid dienone is 1. The van der Waals surface area contributed by atoms with Crippen molar-refractivity contribution < 1.29 is 10.2 Å². The summed E-state index contributed by atoms with van der Waals surface area (Å²) in [5.74, 6) is -0.122. The van der Waals surface area contributed by atoms with E-state index in [0.29, 0.717) is 5.92 Å². The lowest BCUT2D eigenvalue weighted by Crippen LogP contribution is -2.53. The summed E-state index contributed by atoms with van der Waals surface area (Å²) in [6, 6.07) is 17.3. The Kier molecular flexibility index (Phi) is 5.42. The molecule has 0 aromatic heterocycles. The van der Waals surface area contributed by atoms with E-state index in [9.17, 15) is 10.2 Å². The second-order valence-electron chi connectivity index (χ2n) is 11.2. The molecule has 1 saturated carbocycles. The van der Waals surface area contributed by atoms with Crippen LogP contribution in [0.15, 0.2) is 60.3 Å². The summed E-state index contributed by atoms with van der Waals surface area (Å²) in [7, 11) is 2.08. The van der Waals surface area contributed by atoms with Gasteiger partial charge in [-0.1, -0.05) is 76.2 Å². The first-order valence-electron chi connectivity index (χ1n) is 12.5. The van der Waals surface area contributed by atoms with Gasteiger partial charge in [0.05, 0.1) is 12.2 Å².